The lowest BCUT2D eigenvalue weighted by atomic mass is 10.2. The smallest absolute Gasteiger partial charge is 0.243 e. The first-order chi connectivity index (χ1) is 14.4. The van der Waals surface area contributed by atoms with Crippen molar-refractivity contribution in [2.24, 2.45) is 0 Å². The molecule has 2 aromatic rings. The lowest BCUT2D eigenvalue weighted by molar-refractivity contribution is -0.117. The lowest BCUT2D eigenvalue weighted by Gasteiger charge is -2.33. The van der Waals surface area contributed by atoms with Gasteiger partial charge in [-0.1, -0.05) is 18.9 Å². The SMILES string of the molecule is O=C(CN1CCN(S(=O)(=O)c2cccc(F)c2)CC1)Nc1ccnn1C1CCCC1. The minimum atomic E-state index is -3.74. The van der Waals surface area contributed by atoms with Gasteiger partial charge in [0.2, 0.25) is 15.9 Å². The normalized spacial score (nSPS) is 19.2. The van der Waals surface area contributed by atoms with E-state index in [9.17, 15) is 17.6 Å². The molecule has 10 heteroatoms. The van der Waals surface area contributed by atoms with E-state index in [2.05, 4.69) is 10.4 Å². The van der Waals surface area contributed by atoms with Crippen LogP contribution in [0.4, 0.5) is 10.2 Å². The number of hydrogen-bond acceptors (Lipinski definition) is 5. The highest BCUT2D eigenvalue weighted by molar-refractivity contribution is 7.89. The lowest BCUT2D eigenvalue weighted by Crippen LogP contribution is -2.50. The number of benzene rings is 1. The van der Waals surface area contributed by atoms with Crippen molar-refractivity contribution < 1.29 is 17.6 Å². The Balaban J connectivity index is 1.31. The van der Waals surface area contributed by atoms with Gasteiger partial charge in [-0.05, 0) is 31.0 Å². The van der Waals surface area contributed by atoms with Gasteiger partial charge in [-0.2, -0.15) is 9.40 Å². The Morgan fingerprint density at radius 1 is 1.13 bits per heavy atom. The predicted molar refractivity (Wildman–Crippen MR) is 110 cm³/mol. The fraction of sp³-hybridized carbons (Fsp3) is 0.500. The fourth-order valence-electron chi connectivity index (χ4n) is 4.14. The summed E-state index contributed by atoms with van der Waals surface area (Å²) in [5, 5.41) is 7.29. The molecule has 2 heterocycles. The van der Waals surface area contributed by atoms with Crippen molar-refractivity contribution in [3.63, 3.8) is 0 Å². The number of carbonyl (C=O) groups excluding carboxylic acids is 1. The predicted octanol–water partition coefficient (Wildman–Crippen LogP) is 2.08. The fourth-order valence-corrected chi connectivity index (χ4v) is 5.60. The van der Waals surface area contributed by atoms with Crippen LogP contribution in [0.15, 0.2) is 41.4 Å². The zero-order valence-electron chi connectivity index (χ0n) is 16.7. The highest BCUT2D eigenvalue weighted by Crippen LogP contribution is 2.31. The number of sulfonamides is 1. The molecule has 1 saturated heterocycles. The molecular weight excluding hydrogens is 409 g/mol. The van der Waals surface area contributed by atoms with Crippen molar-refractivity contribution in [2.75, 3.05) is 38.0 Å². The van der Waals surface area contributed by atoms with E-state index in [0.717, 1.165) is 18.9 Å². The highest BCUT2D eigenvalue weighted by atomic mass is 32.2. The Hall–Kier alpha value is -2.30. The molecule has 8 nitrogen and oxygen atoms in total. The van der Waals surface area contributed by atoms with E-state index >= 15 is 0 Å². The van der Waals surface area contributed by atoms with Gasteiger partial charge in [-0.15, -0.1) is 0 Å². The van der Waals surface area contributed by atoms with Crippen LogP contribution < -0.4 is 5.32 Å². The zero-order chi connectivity index (χ0) is 21.1. The van der Waals surface area contributed by atoms with Crippen LogP contribution in [0, 0.1) is 5.82 Å². The second kappa shape index (κ2) is 8.83. The van der Waals surface area contributed by atoms with E-state index in [1.807, 2.05) is 9.58 Å². The summed E-state index contributed by atoms with van der Waals surface area (Å²) in [5.41, 5.74) is 0. The second-order valence-corrected chi connectivity index (χ2v) is 9.72. The average Bonchev–Trinajstić information content (AvgIpc) is 3.40. The standard InChI is InChI=1S/C20H26FN5O3S/c21-16-4-3-7-18(14-16)30(28,29)25-12-10-24(11-13-25)15-20(27)23-19-8-9-22-26(19)17-5-1-2-6-17/h3-4,7-9,14,17H,1-2,5-6,10-13,15H2,(H,23,27). The highest BCUT2D eigenvalue weighted by Gasteiger charge is 2.29. The van der Waals surface area contributed by atoms with E-state index in [1.54, 1.807) is 12.3 Å². The summed E-state index contributed by atoms with van der Waals surface area (Å²) in [5.74, 6) is -0.0152. The van der Waals surface area contributed by atoms with Crippen LogP contribution in [0.5, 0.6) is 0 Å². The maximum Gasteiger partial charge on any atom is 0.243 e. The molecule has 1 N–H and O–H groups in total. The maximum absolute atomic E-state index is 13.4. The molecule has 0 atom stereocenters. The van der Waals surface area contributed by atoms with Crippen molar-refractivity contribution in [2.45, 2.75) is 36.6 Å². The summed E-state index contributed by atoms with van der Waals surface area (Å²) in [4.78, 5) is 14.4. The quantitative estimate of drug-likeness (QED) is 0.751. The van der Waals surface area contributed by atoms with E-state index in [-0.39, 0.29) is 30.4 Å². The van der Waals surface area contributed by atoms with E-state index in [4.69, 9.17) is 0 Å². The molecule has 1 aliphatic carbocycles. The van der Waals surface area contributed by atoms with Crippen LogP contribution in [0.2, 0.25) is 0 Å². The Morgan fingerprint density at radius 3 is 2.57 bits per heavy atom. The first-order valence-corrected chi connectivity index (χ1v) is 11.7. The maximum atomic E-state index is 13.4. The molecule has 30 heavy (non-hydrogen) atoms. The number of rotatable bonds is 6. The molecule has 1 amide bonds. The molecule has 0 unspecified atom stereocenters. The summed E-state index contributed by atoms with van der Waals surface area (Å²) in [6, 6.07) is 7.17. The molecule has 4 rings (SSSR count). The third kappa shape index (κ3) is 4.55. The Labute approximate surface area is 175 Å². The van der Waals surface area contributed by atoms with Gasteiger partial charge < -0.3 is 5.32 Å². The number of hydrogen-bond donors (Lipinski definition) is 1. The van der Waals surface area contributed by atoms with Gasteiger partial charge in [-0.3, -0.25) is 9.69 Å². The molecule has 0 bridgehead atoms. The number of aromatic nitrogens is 2. The number of halogens is 1. The molecule has 162 valence electrons. The molecular formula is C20H26FN5O3S. The van der Waals surface area contributed by atoms with Crippen LogP contribution in [-0.4, -0.2) is 66.0 Å². The van der Waals surface area contributed by atoms with Crippen LogP contribution in [0.3, 0.4) is 0 Å². The summed E-state index contributed by atoms with van der Waals surface area (Å²) < 4.78 is 42.0. The first kappa shape index (κ1) is 21.0. The van der Waals surface area contributed by atoms with Crippen molar-refractivity contribution in [1.29, 1.82) is 0 Å². The molecule has 0 spiro atoms. The number of carbonyl (C=O) groups is 1. The number of anilines is 1. The molecule has 1 saturated carbocycles. The third-order valence-corrected chi connectivity index (χ3v) is 7.64. The number of amides is 1. The molecule has 1 aliphatic heterocycles. The molecule has 2 fully saturated rings. The Morgan fingerprint density at radius 2 is 1.87 bits per heavy atom. The van der Waals surface area contributed by atoms with Crippen molar-refractivity contribution in [1.82, 2.24) is 19.0 Å². The first-order valence-electron chi connectivity index (χ1n) is 10.2. The third-order valence-electron chi connectivity index (χ3n) is 5.74. The summed E-state index contributed by atoms with van der Waals surface area (Å²) in [7, 11) is -3.74. The Kier molecular flexibility index (Phi) is 6.16. The van der Waals surface area contributed by atoms with Gasteiger partial charge in [0.1, 0.15) is 11.6 Å². The summed E-state index contributed by atoms with van der Waals surface area (Å²) in [6.07, 6.45) is 6.21. The van der Waals surface area contributed by atoms with E-state index < -0.39 is 15.8 Å². The number of nitrogens with one attached hydrogen (secondary N) is 1. The van der Waals surface area contributed by atoms with Gasteiger partial charge in [0.15, 0.2) is 0 Å². The van der Waals surface area contributed by atoms with Gasteiger partial charge in [0.05, 0.1) is 23.7 Å². The van der Waals surface area contributed by atoms with Crippen LogP contribution in [0.25, 0.3) is 0 Å². The summed E-state index contributed by atoms with van der Waals surface area (Å²) in [6.45, 7) is 1.57. The van der Waals surface area contributed by atoms with Crippen molar-refractivity contribution in [3.05, 3.63) is 42.3 Å². The van der Waals surface area contributed by atoms with E-state index in [1.165, 1.54) is 35.3 Å². The molecule has 0 radical (unpaired) electrons. The Bertz CT molecular complexity index is 995. The van der Waals surface area contributed by atoms with Gasteiger partial charge in [0.25, 0.3) is 0 Å². The van der Waals surface area contributed by atoms with Gasteiger partial charge in [0, 0.05) is 32.2 Å². The number of nitrogens with zero attached hydrogens (tertiary/aromatic N) is 4. The second-order valence-electron chi connectivity index (χ2n) is 7.79. The average molecular weight is 436 g/mol. The zero-order valence-corrected chi connectivity index (χ0v) is 17.5. The monoisotopic (exact) mass is 435 g/mol. The minimum absolute atomic E-state index is 0.0473. The molecule has 1 aromatic heterocycles. The van der Waals surface area contributed by atoms with Gasteiger partial charge >= 0.3 is 0 Å². The number of piperazine rings is 1. The van der Waals surface area contributed by atoms with Crippen LogP contribution in [0.1, 0.15) is 31.7 Å². The van der Waals surface area contributed by atoms with Crippen molar-refractivity contribution >= 4 is 21.7 Å². The largest absolute Gasteiger partial charge is 0.310 e. The van der Waals surface area contributed by atoms with Crippen molar-refractivity contribution in [3.8, 4) is 0 Å². The van der Waals surface area contributed by atoms with E-state index in [0.29, 0.717) is 24.9 Å². The summed E-state index contributed by atoms with van der Waals surface area (Å²) >= 11 is 0. The minimum Gasteiger partial charge on any atom is -0.310 e. The topological polar surface area (TPSA) is 87.5 Å². The molecule has 1 aromatic carbocycles. The van der Waals surface area contributed by atoms with Crippen LogP contribution in [-0.2, 0) is 14.8 Å². The molecule has 2 aliphatic rings. The van der Waals surface area contributed by atoms with Gasteiger partial charge in [-0.25, -0.2) is 17.5 Å². The van der Waals surface area contributed by atoms with Crippen LogP contribution >= 0.6 is 0 Å².